The lowest BCUT2D eigenvalue weighted by Gasteiger charge is -2.31. The number of aryl methyl sites for hydroxylation is 1. The smallest absolute Gasteiger partial charge is 0.434 e. The first kappa shape index (κ1) is 25.9. The molecule has 0 saturated carbocycles. The van der Waals surface area contributed by atoms with Gasteiger partial charge in [0.25, 0.3) is 5.88 Å². The third-order valence-electron chi connectivity index (χ3n) is 7.31. The number of aromatic nitrogens is 2. The van der Waals surface area contributed by atoms with Crippen LogP contribution in [0.1, 0.15) is 36.1 Å². The number of aromatic hydroxyl groups is 1. The van der Waals surface area contributed by atoms with Gasteiger partial charge in [0.15, 0.2) is 0 Å². The van der Waals surface area contributed by atoms with E-state index in [0.717, 1.165) is 45.5 Å². The van der Waals surface area contributed by atoms with E-state index in [2.05, 4.69) is 33.0 Å². The second-order valence-corrected chi connectivity index (χ2v) is 11.1. The Labute approximate surface area is 229 Å². The normalized spacial score (nSPS) is 16.5. The van der Waals surface area contributed by atoms with E-state index in [1.165, 1.54) is 10.1 Å². The number of halogens is 2. The fraction of sp³-hybridized carbons (Fsp3) is 0.407. The minimum absolute atomic E-state index is 0.309. The van der Waals surface area contributed by atoms with E-state index >= 15 is 0 Å². The zero-order valence-corrected chi connectivity index (χ0v) is 22.8. The molecule has 1 fully saturated rings. The van der Waals surface area contributed by atoms with Gasteiger partial charge in [-0.3, -0.25) is 9.47 Å². The highest BCUT2D eigenvalue weighted by molar-refractivity contribution is 9.10. The molecule has 0 aliphatic carbocycles. The molecule has 1 N–H and O–H groups in total. The van der Waals surface area contributed by atoms with Gasteiger partial charge >= 0.3 is 11.8 Å². The van der Waals surface area contributed by atoms with E-state index in [1.807, 2.05) is 36.4 Å². The summed E-state index contributed by atoms with van der Waals surface area (Å²) < 4.78 is 3.25. The van der Waals surface area contributed by atoms with Crippen LogP contribution >= 0.6 is 27.5 Å². The number of piperidine rings is 1. The second kappa shape index (κ2) is 11.3. The first-order valence-corrected chi connectivity index (χ1v) is 13.8. The number of fused-ring (bicyclic) bond motifs is 1. The van der Waals surface area contributed by atoms with Gasteiger partial charge in [0.05, 0.1) is 0 Å². The molecule has 5 rings (SSSR count). The van der Waals surface area contributed by atoms with Crippen molar-refractivity contribution in [3.63, 3.8) is 0 Å². The Bertz CT molecular complexity index is 1300. The summed E-state index contributed by atoms with van der Waals surface area (Å²) in [6, 6.07) is 16.0. The molecular formula is C27H30BrClN4O4. The number of hydrogen-bond acceptors (Lipinski definition) is 5. The van der Waals surface area contributed by atoms with Gasteiger partial charge in [-0.1, -0.05) is 56.5 Å². The van der Waals surface area contributed by atoms with Gasteiger partial charge < -0.3 is 14.8 Å². The highest BCUT2D eigenvalue weighted by Crippen LogP contribution is 2.25. The van der Waals surface area contributed by atoms with E-state index in [-0.39, 0.29) is 5.88 Å². The van der Waals surface area contributed by atoms with Crippen molar-refractivity contribution in [2.75, 3.05) is 19.6 Å². The van der Waals surface area contributed by atoms with Gasteiger partial charge in [0.1, 0.15) is 5.69 Å². The Morgan fingerprint density at radius 1 is 1.00 bits per heavy atom. The summed E-state index contributed by atoms with van der Waals surface area (Å²) in [6.07, 6.45) is 3.17. The predicted octanol–water partition coefficient (Wildman–Crippen LogP) is 4.68. The summed E-state index contributed by atoms with van der Waals surface area (Å²) in [7, 11) is 0. The maximum atomic E-state index is 12.9. The highest BCUT2D eigenvalue weighted by Gasteiger charge is 2.30. The van der Waals surface area contributed by atoms with Crippen molar-refractivity contribution in [2.24, 2.45) is 5.92 Å². The molecule has 0 spiro atoms. The summed E-state index contributed by atoms with van der Waals surface area (Å²) in [5, 5.41) is 11.5. The molecule has 1 amide bonds. The number of carbonyl (C=O) groups is 1. The van der Waals surface area contributed by atoms with Gasteiger partial charge in [-0.05, 0) is 67.0 Å². The van der Waals surface area contributed by atoms with Crippen LogP contribution in [0, 0.1) is 5.92 Å². The van der Waals surface area contributed by atoms with E-state index in [0.29, 0.717) is 50.9 Å². The summed E-state index contributed by atoms with van der Waals surface area (Å²) in [5.41, 5.74) is 2.33. The summed E-state index contributed by atoms with van der Waals surface area (Å²) in [6.45, 7) is 3.29. The monoisotopic (exact) mass is 588 g/mol. The van der Waals surface area contributed by atoms with Crippen LogP contribution in [0.25, 0.3) is 0 Å². The molecule has 3 aromatic rings. The van der Waals surface area contributed by atoms with Gasteiger partial charge in [0, 0.05) is 48.8 Å². The zero-order valence-electron chi connectivity index (χ0n) is 20.5. The first-order chi connectivity index (χ1) is 17.9. The first-order valence-electron chi connectivity index (χ1n) is 12.6. The van der Waals surface area contributed by atoms with Gasteiger partial charge in [-0.15, -0.1) is 0 Å². The largest absolute Gasteiger partial charge is 0.491 e. The van der Waals surface area contributed by atoms with E-state index in [4.69, 9.17) is 16.4 Å². The lowest BCUT2D eigenvalue weighted by Crippen LogP contribution is -2.44. The van der Waals surface area contributed by atoms with Crippen LogP contribution < -0.4 is 10.5 Å². The molecule has 1 aromatic heterocycles. The van der Waals surface area contributed by atoms with Crippen molar-refractivity contribution in [2.45, 2.75) is 45.3 Å². The van der Waals surface area contributed by atoms with Crippen molar-refractivity contribution in [3.8, 4) is 5.88 Å². The molecule has 0 bridgehead atoms. The SMILES string of the molecule is O=C(On1c(O)c2n(c1=O)CCN(Cc1ccc(Br)cc1)C2)N1CCC(CCc2ccc(Cl)cc2)CC1. The van der Waals surface area contributed by atoms with Gasteiger partial charge in [-0.25, -0.2) is 9.59 Å². The number of imidazole rings is 1. The number of benzene rings is 2. The van der Waals surface area contributed by atoms with Crippen molar-refractivity contribution in [1.29, 1.82) is 0 Å². The number of nitrogens with zero attached hydrogens (tertiary/aromatic N) is 4. The van der Waals surface area contributed by atoms with Crippen molar-refractivity contribution in [3.05, 3.63) is 85.3 Å². The second-order valence-electron chi connectivity index (χ2n) is 9.79. The topological polar surface area (TPSA) is 79.9 Å². The van der Waals surface area contributed by atoms with Gasteiger partial charge in [-0.2, -0.15) is 0 Å². The Hall–Kier alpha value is -2.75. The number of likely N-dealkylation sites (tertiary alicyclic amines) is 1. The number of hydrogen-bond donors (Lipinski definition) is 1. The van der Waals surface area contributed by atoms with Crippen LogP contribution in [0.2, 0.25) is 5.02 Å². The molecule has 8 nitrogen and oxygen atoms in total. The van der Waals surface area contributed by atoms with E-state index in [9.17, 15) is 14.7 Å². The fourth-order valence-corrected chi connectivity index (χ4v) is 5.49. The Kier molecular flexibility index (Phi) is 7.92. The average Bonchev–Trinajstić information content (AvgIpc) is 3.14. The fourth-order valence-electron chi connectivity index (χ4n) is 5.10. The maximum absolute atomic E-state index is 12.9. The summed E-state index contributed by atoms with van der Waals surface area (Å²) in [5.74, 6) is 0.214. The lowest BCUT2D eigenvalue weighted by atomic mass is 9.91. The standard InChI is InChI=1S/C27H30BrClN4O4/c28-22-7-3-21(4-8-22)17-30-15-16-32-24(18-30)25(34)33(26(32)35)37-27(36)31-13-11-20(12-14-31)2-1-19-5-9-23(29)10-6-19/h3-10,20,34H,1-2,11-18H2. The van der Waals surface area contributed by atoms with E-state index in [1.54, 1.807) is 4.90 Å². The van der Waals surface area contributed by atoms with Crippen molar-refractivity contribution >= 4 is 33.6 Å². The lowest BCUT2D eigenvalue weighted by molar-refractivity contribution is 0.0673. The molecule has 0 atom stereocenters. The Morgan fingerprint density at radius 3 is 2.38 bits per heavy atom. The van der Waals surface area contributed by atoms with Crippen LogP contribution in [0.15, 0.2) is 57.8 Å². The quantitative estimate of drug-likeness (QED) is 0.452. The minimum atomic E-state index is -0.608. The van der Waals surface area contributed by atoms with Crippen LogP contribution in [-0.2, 0) is 26.1 Å². The average molecular weight is 590 g/mol. The van der Waals surface area contributed by atoms with Crippen molar-refractivity contribution < 1.29 is 14.7 Å². The van der Waals surface area contributed by atoms with E-state index < -0.39 is 11.8 Å². The van der Waals surface area contributed by atoms with Crippen LogP contribution in [0.3, 0.4) is 0 Å². The number of amides is 1. The summed E-state index contributed by atoms with van der Waals surface area (Å²) >= 11 is 9.41. The maximum Gasteiger partial charge on any atom is 0.434 e. The third kappa shape index (κ3) is 6.05. The molecule has 10 heteroatoms. The zero-order chi connectivity index (χ0) is 25.9. The molecule has 3 heterocycles. The third-order valence-corrected chi connectivity index (χ3v) is 8.09. The van der Waals surface area contributed by atoms with Crippen LogP contribution in [-0.4, -0.2) is 49.9 Å². The number of carbonyl (C=O) groups excluding carboxylic acids is 1. The molecule has 2 aliphatic rings. The molecule has 37 heavy (non-hydrogen) atoms. The number of rotatable bonds is 6. The molecule has 0 unspecified atom stereocenters. The molecule has 0 radical (unpaired) electrons. The van der Waals surface area contributed by atoms with Crippen molar-refractivity contribution in [1.82, 2.24) is 19.1 Å². The Morgan fingerprint density at radius 2 is 1.68 bits per heavy atom. The molecule has 2 aliphatic heterocycles. The molecule has 1 saturated heterocycles. The Balaban J connectivity index is 1.15. The minimum Gasteiger partial charge on any atom is -0.491 e. The van der Waals surface area contributed by atoms with Crippen LogP contribution in [0.4, 0.5) is 4.79 Å². The summed E-state index contributed by atoms with van der Waals surface area (Å²) in [4.78, 5) is 34.9. The molecule has 196 valence electrons. The molecule has 2 aromatic carbocycles. The predicted molar refractivity (Wildman–Crippen MR) is 145 cm³/mol. The molecular weight excluding hydrogens is 560 g/mol. The highest BCUT2D eigenvalue weighted by atomic mass is 79.9. The van der Waals surface area contributed by atoms with Crippen LogP contribution in [0.5, 0.6) is 5.88 Å². The van der Waals surface area contributed by atoms with Gasteiger partial charge in [0.2, 0.25) is 0 Å².